The van der Waals surface area contributed by atoms with Crippen molar-refractivity contribution in [3.63, 3.8) is 0 Å². The highest BCUT2D eigenvalue weighted by molar-refractivity contribution is 5.80. The summed E-state index contributed by atoms with van der Waals surface area (Å²) in [6.07, 6.45) is -4.11. The quantitative estimate of drug-likeness (QED) is 0.788. The lowest BCUT2D eigenvalue weighted by Gasteiger charge is -2.19. The number of carbonyl (C=O) groups is 1. The minimum atomic E-state index is -4.51. The molecule has 2 aromatic rings. The monoisotopic (exact) mass is 308 g/mol. The van der Waals surface area contributed by atoms with Gasteiger partial charge in [-0.1, -0.05) is 6.07 Å². The average Bonchev–Trinajstić information content (AvgIpc) is 2.53. The van der Waals surface area contributed by atoms with Crippen LogP contribution in [0.25, 0.3) is 11.1 Å². The van der Waals surface area contributed by atoms with E-state index < -0.39 is 11.7 Å². The molecule has 3 rings (SSSR count). The first-order valence-electron chi connectivity index (χ1n) is 6.55. The Morgan fingerprint density at radius 3 is 2.32 bits per heavy atom. The summed E-state index contributed by atoms with van der Waals surface area (Å²) in [6, 6.07) is 8.14. The van der Waals surface area contributed by atoms with E-state index in [1.165, 1.54) is 6.07 Å². The van der Waals surface area contributed by atoms with Gasteiger partial charge in [0.1, 0.15) is 19.5 Å². The van der Waals surface area contributed by atoms with Crippen LogP contribution in [0.15, 0.2) is 36.4 Å². The van der Waals surface area contributed by atoms with Gasteiger partial charge in [-0.05, 0) is 41.5 Å². The van der Waals surface area contributed by atoms with Crippen LogP contribution in [0.4, 0.5) is 13.2 Å². The number of ether oxygens (including phenoxy) is 2. The smallest absolute Gasteiger partial charge is 0.416 e. The molecule has 0 aromatic heterocycles. The second-order valence-corrected chi connectivity index (χ2v) is 4.82. The summed E-state index contributed by atoms with van der Waals surface area (Å²) in [5.74, 6) is 1.03. The fourth-order valence-corrected chi connectivity index (χ4v) is 2.27. The van der Waals surface area contributed by atoms with Crippen LogP contribution < -0.4 is 9.47 Å². The van der Waals surface area contributed by atoms with Crippen LogP contribution in [0.2, 0.25) is 0 Å². The normalized spacial score (nSPS) is 13.8. The molecule has 0 amide bonds. The number of alkyl halides is 3. The van der Waals surface area contributed by atoms with Gasteiger partial charge in [-0.3, -0.25) is 4.79 Å². The summed E-state index contributed by atoms with van der Waals surface area (Å²) in [4.78, 5) is 10.9. The van der Waals surface area contributed by atoms with Gasteiger partial charge in [0.15, 0.2) is 11.5 Å². The molecule has 1 aliphatic heterocycles. The molecule has 0 aliphatic carbocycles. The lowest BCUT2D eigenvalue weighted by Crippen LogP contribution is -2.15. The van der Waals surface area contributed by atoms with E-state index in [0.717, 1.165) is 12.1 Å². The number of benzene rings is 2. The number of halogens is 3. The molecule has 0 saturated heterocycles. The first-order valence-corrected chi connectivity index (χ1v) is 6.55. The van der Waals surface area contributed by atoms with Gasteiger partial charge in [-0.15, -0.1) is 0 Å². The summed E-state index contributed by atoms with van der Waals surface area (Å²) >= 11 is 0. The van der Waals surface area contributed by atoms with E-state index in [1.807, 2.05) is 0 Å². The van der Waals surface area contributed by atoms with E-state index in [2.05, 4.69) is 0 Å². The molecule has 0 fully saturated rings. The van der Waals surface area contributed by atoms with Gasteiger partial charge in [-0.25, -0.2) is 0 Å². The Morgan fingerprint density at radius 1 is 0.909 bits per heavy atom. The molecule has 1 heterocycles. The second-order valence-electron chi connectivity index (χ2n) is 4.82. The molecule has 3 nitrogen and oxygen atoms in total. The Balaban J connectivity index is 2.09. The summed E-state index contributed by atoms with van der Waals surface area (Å²) in [5, 5.41) is 0. The van der Waals surface area contributed by atoms with Crippen molar-refractivity contribution >= 4 is 6.29 Å². The van der Waals surface area contributed by atoms with Crippen molar-refractivity contribution < 1.29 is 27.4 Å². The standard InChI is InChI=1S/C16H11F3O3/c17-16(18,19)13-6-10(9-20)5-12(7-13)11-1-2-14-15(8-11)22-4-3-21-14/h1-2,5-9H,3-4H2. The van der Waals surface area contributed by atoms with Crippen molar-refractivity contribution in [3.8, 4) is 22.6 Å². The van der Waals surface area contributed by atoms with Gasteiger partial charge in [-0.2, -0.15) is 13.2 Å². The number of fused-ring (bicyclic) bond motifs is 1. The van der Waals surface area contributed by atoms with Crippen LogP contribution >= 0.6 is 0 Å². The van der Waals surface area contributed by atoms with Crippen LogP contribution in [0, 0.1) is 0 Å². The lowest BCUT2D eigenvalue weighted by atomic mass is 9.99. The molecule has 0 atom stereocenters. The Labute approximate surface area is 124 Å². The molecule has 114 valence electrons. The summed E-state index contributed by atoms with van der Waals surface area (Å²) in [6.45, 7) is 0.823. The van der Waals surface area contributed by atoms with Crippen molar-refractivity contribution in [2.75, 3.05) is 13.2 Å². The molecular formula is C16H11F3O3. The van der Waals surface area contributed by atoms with E-state index in [1.54, 1.807) is 18.2 Å². The molecule has 0 spiro atoms. The number of rotatable bonds is 2. The highest BCUT2D eigenvalue weighted by Crippen LogP contribution is 2.37. The first-order chi connectivity index (χ1) is 10.5. The molecule has 0 bridgehead atoms. The largest absolute Gasteiger partial charge is 0.486 e. The lowest BCUT2D eigenvalue weighted by molar-refractivity contribution is -0.137. The highest BCUT2D eigenvalue weighted by atomic mass is 19.4. The Kier molecular flexibility index (Phi) is 3.52. The highest BCUT2D eigenvalue weighted by Gasteiger charge is 2.31. The zero-order valence-corrected chi connectivity index (χ0v) is 11.3. The van der Waals surface area contributed by atoms with Gasteiger partial charge in [0.2, 0.25) is 0 Å². The van der Waals surface area contributed by atoms with Gasteiger partial charge in [0.25, 0.3) is 0 Å². The Hall–Kier alpha value is -2.50. The number of carbonyl (C=O) groups excluding carboxylic acids is 1. The van der Waals surface area contributed by atoms with Crippen molar-refractivity contribution in [2.24, 2.45) is 0 Å². The maximum absolute atomic E-state index is 12.9. The van der Waals surface area contributed by atoms with E-state index in [9.17, 15) is 18.0 Å². The zero-order valence-electron chi connectivity index (χ0n) is 11.3. The minimum Gasteiger partial charge on any atom is -0.486 e. The summed E-state index contributed by atoms with van der Waals surface area (Å²) in [5.41, 5.74) is -0.0611. The number of hydrogen-bond donors (Lipinski definition) is 0. The van der Waals surface area contributed by atoms with Crippen molar-refractivity contribution in [3.05, 3.63) is 47.5 Å². The number of aldehydes is 1. The Morgan fingerprint density at radius 2 is 1.64 bits per heavy atom. The molecule has 22 heavy (non-hydrogen) atoms. The molecule has 6 heteroatoms. The van der Waals surface area contributed by atoms with Crippen molar-refractivity contribution in [1.82, 2.24) is 0 Å². The topological polar surface area (TPSA) is 35.5 Å². The summed E-state index contributed by atoms with van der Waals surface area (Å²) < 4.78 is 49.5. The zero-order chi connectivity index (χ0) is 15.7. The van der Waals surface area contributed by atoms with Crippen LogP contribution in [-0.2, 0) is 6.18 Å². The van der Waals surface area contributed by atoms with Crippen LogP contribution in [0.1, 0.15) is 15.9 Å². The van der Waals surface area contributed by atoms with Gasteiger partial charge in [0, 0.05) is 5.56 Å². The third-order valence-electron chi connectivity index (χ3n) is 3.29. The third kappa shape index (κ3) is 2.77. The number of hydrogen-bond acceptors (Lipinski definition) is 3. The van der Waals surface area contributed by atoms with Crippen molar-refractivity contribution in [2.45, 2.75) is 6.18 Å². The van der Waals surface area contributed by atoms with E-state index >= 15 is 0 Å². The molecule has 0 saturated carbocycles. The maximum Gasteiger partial charge on any atom is 0.416 e. The molecular weight excluding hydrogens is 297 g/mol. The first kappa shape index (κ1) is 14.4. The fourth-order valence-electron chi connectivity index (χ4n) is 2.27. The van der Waals surface area contributed by atoms with Gasteiger partial charge < -0.3 is 9.47 Å². The van der Waals surface area contributed by atoms with Crippen LogP contribution in [0.3, 0.4) is 0 Å². The SMILES string of the molecule is O=Cc1cc(-c2ccc3c(c2)OCCO3)cc(C(F)(F)F)c1. The molecule has 0 unspecified atom stereocenters. The fraction of sp³-hybridized carbons (Fsp3) is 0.188. The summed E-state index contributed by atoms with van der Waals surface area (Å²) in [7, 11) is 0. The van der Waals surface area contributed by atoms with Gasteiger partial charge >= 0.3 is 6.18 Å². The van der Waals surface area contributed by atoms with E-state index in [-0.39, 0.29) is 5.56 Å². The van der Waals surface area contributed by atoms with E-state index in [4.69, 9.17) is 9.47 Å². The van der Waals surface area contributed by atoms with Crippen LogP contribution in [-0.4, -0.2) is 19.5 Å². The average molecular weight is 308 g/mol. The molecule has 0 N–H and O–H groups in total. The molecule has 1 aliphatic rings. The van der Waals surface area contributed by atoms with Gasteiger partial charge in [0.05, 0.1) is 5.56 Å². The second kappa shape index (κ2) is 5.36. The molecule has 0 radical (unpaired) electrons. The Bertz CT molecular complexity index is 723. The predicted molar refractivity (Wildman–Crippen MR) is 73.3 cm³/mol. The minimum absolute atomic E-state index is 0.0280. The third-order valence-corrected chi connectivity index (χ3v) is 3.29. The maximum atomic E-state index is 12.9. The van der Waals surface area contributed by atoms with Crippen LogP contribution in [0.5, 0.6) is 11.5 Å². The van der Waals surface area contributed by atoms with Crippen molar-refractivity contribution in [1.29, 1.82) is 0 Å². The predicted octanol–water partition coefficient (Wildman–Crippen LogP) is 3.96. The molecule has 2 aromatic carbocycles. The van der Waals surface area contributed by atoms with E-state index in [0.29, 0.717) is 42.1 Å².